The highest BCUT2D eigenvalue weighted by Crippen LogP contribution is 2.33. The molecular formula is C34H53N5. The van der Waals surface area contributed by atoms with E-state index in [0.29, 0.717) is 11.6 Å². The number of fused-ring (bicyclic) bond motifs is 1. The van der Waals surface area contributed by atoms with Gasteiger partial charge in [0.2, 0.25) is 0 Å². The number of H-pyrrole nitrogens is 1. The van der Waals surface area contributed by atoms with Gasteiger partial charge in [-0.3, -0.25) is 0 Å². The molecule has 1 aromatic carbocycles. The van der Waals surface area contributed by atoms with E-state index in [9.17, 15) is 0 Å². The van der Waals surface area contributed by atoms with Gasteiger partial charge in [0.25, 0.3) is 0 Å². The second-order valence-electron chi connectivity index (χ2n) is 10.9. The van der Waals surface area contributed by atoms with Crippen LogP contribution in [0, 0.1) is 22.7 Å². The first-order valence-electron chi connectivity index (χ1n) is 14.6. The number of aromatic nitrogens is 1. The lowest BCUT2D eigenvalue weighted by atomic mass is 9.88. The van der Waals surface area contributed by atoms with Gasteiger partial charge in [-0.05, 0) is 99.4 Å². The highest BCUT2D eigenvalue weighted by Gasteiger charge is 2.21. The molecular weight excluding hydrogens is 478 g/mol. The summed E-state index contributed by atoms with van der Waals surface area (Å²) in [5.41, 5.74) is 11.6. The Morgan fingerprint density at radius 3 is 2.38 bits per heavy atom. The maximum Gasteiger partial charge on any atom is 0.0670 e. The molecule has 1 aliphatic heterocycles. The molecule has 5 heteroatoms. The molecule has 0 bridgehead atoms. The number of piperidine rings is 1. The minimum absolute atomic E-state index is 0.251. The highest BCUT2D eigenvalue weighted by molar-refractivity contribution is 5.99. The first-order chi connectivity index (χ1) is 18.7. The smallest absolute Gasteiger partial charge is 0.0670 e. The Labute approximate surface area is 238 Å². The Kier molecular flexibility index (Phi) is 15.9. The summed E-state index contributed by atoms with van der Waals surface area (Å²) in [7, 11) is 1.50. The number of benzene rings is 1. The summed E-state index contributed by atoms with van der Waals surface area (Å²) in [6.07, 6.45) is 11.5. The molecule has 0 saturated carbocycles. The van der Waals surface area contributed by atoms with Crippen LogP contribution in [0.1, 0.15) is 104 Å². The molecule has 0 spiro atoms. The average molecular weight is 532 g/mol. The average Bonchev–Trinajstić information content (AvgIpc) is 3.35. The van der Waals surface area contributed by atoms with Crippen molar-refractivity contribution in [3.8, 4) is 6.07 Å². The lowest BCUT2D eigenvalue weighted by molar-refractivity contribution is 0.255. The zero-order valence-electron chi connectivity index (χ0n) is 25.7. The largest absolute Gasteiger partial charge is 0.375 e. The van der Waals surface area contributed by atoms with E-state index < -0.39 is 0 Å². The van der Waals surface area contributed by atoms with E-state index in [0.717, 1.165) is 47.8 Å². The molecule has 1 fully saturated rings. The Hall–Kier alpha value is -3.10. The van der Waals surface area contributed by atoms with E-state index in [4.69, 9.17) is 10.7 Å². The van der Waals surface area contributed by atoms with Gasteiger partial charge in [0.1, 0.15) is 0 Å². The Balaban J connectivity index is 0.00000116. The maximum absolute atomic E-state index is 9.08. The van der Waals surface area contributed by atoms with Gasteiger partial charge in [-0.15, -0.1) is 0 Å². The maximum atomic E-state index is 9.08. The standard InChI is InChI=1S/C29H38N4.C4H10.CH5N/c1-5-7-8-9-21(3)33-16-13-24(14-17-33)26-10-11-28-27(19-26)20-29(32-28)23(6-2)18-25(12-15-30)22(4)31;1-4(2)3;1-2/h6,10-11,18-20,24,31-32H,3,5,7-9,12-14,16-17H2,1-2,4H3;4H,1-3H3;2H2,1H3/b23-6+,25-18-,31-22?;;. The zero-order valence-corrected chi connectivity index (χ0v) is 25.7. The van der Waals surface area contributed by atoms with Crippen LogP contribution >= 0.6 is 0 Å². The Morgan fingerprint density at radius 2 is 1.85 bits per heavy atom. The number of likely N-dealkylation sites (tertiary alicyclic amines) is 1. The summed E-state index contributed by atoms with van der Waals surface area (Å²) in [5, 5.41) is 18.3. The summed E-state index contributed by atoms with van der Waals surface area (Å²) in [6.45, 7) is 19.0. The van der Waals surface area contributed by atoms with Crippen molar-refractivity contribution < 1.29 is 0 Å². The van der Waals surface area contributed by atoms with Crippen molar-refractivity contribution >= 4 is 22.2 Å². The SMILES string of the molecule is C=C(CCCCC)N1CCC(c2ccc3[nH]c(C(/C=C(/CC#N)C(C)=N)=C/C)cc3c2)CC1.CC(C)C.CN. The van der Waals surface area contributed by atoms with Crippen LogP contribution in [-0.4, -0.2) is 35.7 Å². The van der Waals surface area contributed by atoms with Crippen LogP contribution in [0.4, 0.5) is 0 Å². The van der Waals surface area contributed by atoms with Gasteiger partial charge < -0.3 is 21.0 Å². The number of allylic oxidation sites excluding steroid dienone is 5. The molecule has 5 nitrogen and oxygen atoms in total. The number of nitrogens with two attached hydrogens (primary N) is 1. The lowest BCUT2D eigenvalue weighted by Crippen LogP contribution is -2.32. The first kappa shape index (κ1) is 33.9. The van der Waals surface area contributed by atoms with Gasteiger partial charge in [-0.2, -0.15) is 5.26 Å². The van der Waals surface area contributed by atoms with Crippen LogP contribution in [0.3, 0.4) is 0 Å². The third-order valence-corrected chi connectivity index (χ3v) is 6.83. The van der Waals surface area contributed by atoms with E-state index in [2.05, 4.69) is 80.2 Å². The predicted molar refractivity (Wildman–Crippen MR) is 171 cm³/mol. The third-order valence-electron chi connectivity index (χ3n) is 6.83. The van der Waals surface area contributed by atoms with Crippen molar-refractivity contribution in [3.63, 3.8) is 0 Å². The second kappa shape index (κ2) is 18.2. The van der Waals surface area contributed by atoms with E-state index in [-0.39, 0.29) is 6.42 Å². The number of nitriles is 1. The van der Waals surface area contributed by atoms with Crippen molar-refractivity contribution in [2.45, 2.75) is 92.4 Å². The Bertz CT molecular complexity index is 1130. The fourth-order valence-electron chi connectivity index (χ4n) is 4.71. The number of hydrogen-bond acceptors (Lipinski definition) is 4. The molecule has 0 amide bonds. The van der Waals surface area contributed by atoms with Gasteiger partial charge >= 0.3 is 0 Å². The molecule has 2 heterocycles. The third kappa shape index (κ3) is 11.3. The normalized spacial score (nSPS) is 14.3. The molecule has 0 radical (unpaired) electrons. The van der Waals surface area contributed by atoms with Crippen molar-refractivity contribution in [2.75, 3.05) is 20.1 Å². The monoisotopic (exact) mass is 531 g/mol. The zero-order chi connectivity index (χ0) is 29.4. The quantitative estimate of drug-likeness (QED) is 0.162. The number of nitrogens with zero attached hydrogens (tertiary/aromatic N) is 2. The Morgan fingerprint density at radius 1 is 1.21 bits per heavy atom. The van der Waals surface area contributed by atoms with Crippen LogP contribution in [0.25, 0.3) is 16.5 Å². The van der Waals surface area contributed by atoms with Crippen LogP contribution < -0.4 is 5.73 Å². The molecule has 4 N–H and O–H groups in total. The number of hydrogen-bond donors (Lipinski definition) is 3. The summed E-state index contributed by atoms with van der Waals surface area (Å²) >= 11 is 0. The summed E-state index contributed by atoms with van der Waals surface area (Å²) < 4.78 is 0. The molecule has 3 rings (SSSR count). The molecule has 0 aliphatic carbocycles. The topological polar surface area (TPSA) is 92.7 Å². The first-order valence-corrected chi connectivity index (χ1v) is 14.6. The van der Waals surface area contributed by atoms with Crippen molar-refractivity contribution in [2.24, 2.45) is 11.7 Å². The van der Waals surface area contributed by atoms with Gasteiger partial charge in [-0.1, -0.05) is 59.3 Å². The number of aromatic amines is 1. The molecule has 0 atom stereocenters. The molecule has 214 valence electrons. The van der Waals surface area contributed by atoms with Crippen LogP contribution in [0.5, 0.6) is 0 Å². The predicted octanol–water partition coefficient (Wildman–Crippen LogP) is 8.96. The number of unbranched alkanes of at least 4 members (excludes halogenated alkanes) is 2. The molecule has 1 aromatic heterocycles. The van der Waals surface area contributed by atoms with Crippen LogP contribution in [0.15, 0.2) is 54.3 Å². The minimum Gasteiger partial charge on any atom is -0.375 e. The number of nitrogens with one attached hydrogen (secondary N) is 2. The van der Waals surface area contributed by atoms with E-state index in [1.54, 1.807) is 6.92 Å². The summed E-state index contributed by atoms with van der Waals surface area (Å²) in [6, 6.07) is 11.2. The summed E-state index contributed by atoms with van der Waals surface area (Å²) in [5.74, 6) is 1.43. The lowest BCUT2D eigenvalue weighted by Gasteiger charge is -2.35. The van der Waals surface area contributed by atoms with E-state index in [1.165, 1.54) is 55.8 Å². The highest BCUT2D eigenvalue weighted by atomic mass is 15.1. The second-order valence-corrected chi connectivity index (χ2v) is 10.9. The molecule has 0 unspecified atom stereocenters. The summed E-state index contributed by atoms with van der Waals surface area (Å²) in [4.78, 5) is 6.02. The van der Waals surface area contributed by atoms with Crippen LogP contribution in [-0.2, 0) is 0 Å². The van der Waals surface area contributed by atoms with Gasteiger partial charge in [-0.25, -0.2) is 0 Å². The van der Waals surface area contributed by atoms with Crippen molar-refractivity contribution in [3.05, 3.63) is 65.5 Å². The molecule has 1 saturated heterocycles. The fourth-order valence-corrected chi connectivity index (χ4v) is 4.71. The molecule has 39 heavy (non-hydrogen) atoms. The van der Waals surface area contributed by atoms with E-state index in [1.807, 2.05) is 19.1 Å². The molecule has 1 aliphatic rings. The van der Waals surface area contributed by atoms with Gasteiger partial charge in [0.05, 0.1) is 12.5 Å². The van der Waals surface area contributed by atoms with Crippen molar-refractivity contribution in [1.29, 1.82) is 10.7 Å². The van der Waals surface area contributed by atoms with Crippen molar-refractivity contribution in [1.82, 2.24) is 9.88 Å². The molecule has 2 aromatic rings. The van der Waals surface area contributed by atoms with Gasteiger partial charge in [0.15, 0.2) is 0 Å². The number of rotatable bonds is 10. The fraction of sp³-hybridized carbons (Fsp3) is 0.529. The minimum atomic E-state index is 0.251. The van der Waals surface area contributed by atoms with E-state index >= 15 is 0 Å². The van der Waals surface area contributed by atoms with Gasteiger partial charge in [0, 0.05) is 41.1 Å². The van der Waals surface area contributed by atoms with Crippen LogP contribution in [0.2, 0.25) is 0 Å².